The SMILES string of the molecule is CCn1c(-c2cc3cc(Br)ccc3o2)n[nH]c1=S. The third kappa shape index (κ3) is 1.81. The molecule has 0 radical (unpaired) electrons. The molecule has 0 bridgehead atoms. The van der Waals surface area contributed by atoms with Gasteiger partial charge in [-0.15, -0.1) is 0 Å². The van der Waals surface area contributed by atoms with Crippen LogP contribution in [0.2, 0.25) is 0 Å². The Kier molecular flexibility index (Phi) is 2.83. The second-order valence-corrected chi connectivity index (χ2v) is 5.19. The Hall–Kier alpha value is -1.40. The van der Waals surface area contributed by atoms with Gasteiger partial charge in [0.05, 0.1) is 0 Å². The van der Waals surface area contributed by atoms with Crippen LogP contribution in [0, 0.1) is 4.77 Å². The summed E-state index contributed by atoms with van der Waals surface area (Å²) >= 11 is 8.61. The van der Waals surface area contributed by atoms with Gasteiger partial charge in [-0.05, 0) is 43.4 Å². The number of aromatic amines is 1. The summed E-state index contributed by atoms with van der Waals surface area (Å²) in [6, 6.07) is 7.87. The number of aromatic nitrogens is 3. The van der Waals surface area contributed by atoms with Crippen molar-refractivity contribution in [3.63, 3.8) is 0 Å². The topological polar surface area (TPSA) is 46.8 Å². The summed E-state index contributed by atoms with van der Waals surface area (Å²) in [6.07, 6.45) is 0. The molecule has 0 amide bonds. The van der Waals surface area contributed by atoms with Crippen LogP contribution in [0.25, 0.3) is 22.6 Å². The van der Waals surface area contributed by atoms with Crippen molar-refractivity contribution in [2.45, 2.75) is 13.5 Å². The number of hydrogen-bond donors (Lipinski definition) is 1. The Balaban J connectivity index is 2.22. The highest BCUT2D eigenvalue weighted by Crippen LogP contribution is 2.28. The van der Waals surface area contributed by atoms with Crippen LogP contribution in [0.4, 0.5) is 0 Å². The van der Waals surface area contributed by atoms with Gasteiger partial charge in [-0.3, -0.25) is 9.67 Å². The molecule has 18 heavy (non-hydrogen) atoms. The Bertz CT molecular complexity index is 771. The van der Waals surface area contributed by atoms with Gasteiger partial charge in [0.1, 0.15) is 5.58 Å². The van der Waals surface area contributed by atoms with Crippen LogP contribution in [0.5, 0.6) is 0 Å². The highest BCUT2D eigenvalue weighted by atomic mass is 79.9. The molecule has 0 aliphatic heterocycles. The van der Waals surface area contributed by atoms with Crippen LogP contribution in [0.15, 0.2) is 33.2 Å². The lowest BCUT2D eigenvalue weighted by molar-refractivity contribution is 0.614. The first kappa shape index (κ1) is 11.7. The highest BCUT2D eigenvalue weighted by molar-refractivity contribution is 9.10. The van der Waals surface area contributed by atoms with E-state index in [2.05, 4.69) is 26.1 Å². The van der Waals surface area contributed by atoms with Crippen molar-refractivity contribution >= 4 is 39.1 Å². The van der Waals surface area contributed by atoms with E-state index < -0.39 is 0 Å². The number of halogens is 1. The average Bonchev–Trinajstić information content (AvgIpc) is 2.91. The van der Waals surface area contributed by atoms with E-state index in [1.54, 1.807) is 0 Å². The summed E-state index contributed by atoms with van der Waals surface area (Å²) in [6.45, 7) is 2.78. The van der Waals surface area contributed by atoms with E-state index in [-0.39, 0.29) is 0 Å². The van der Waals surface area contributed by atoms with Crippen LogP contribution in [0.3, 0.4) is 0 Å². The summed E-state index contributed by atoms with van der Waals surface area (Å²) in [7, 11) is 0. The van der Waals surface area contributed by atoms with Gasteiger partial charge in [0.2, 0.25) is 0 Å². The lowest BCUT2D eigenvalue weighted by Crippen LogP contribution is -1.96. The average molecular weight is 324 g/mol. The fourth-order valence-electron chi connectivity index (χ4n) is 1.92. The quantitative estimate of drug-likeness (QED) is 0.721. The molecule has 1 aromatic carbocycles. The normalized spacial score (nSPS) is 11.2. The maximum absolute atomic E-state index is 5.79. The van der Waals surface area contributed by atoms with Gasteiger partial charge < -0.3 is 4.42 Å². The van der Waals surface area contributed by atoms with Crippen LogP contribution in [-0.2, 0) is 6.54 Å². The van der Waals surface area contributed by atoms with E-state index in [1.807, 2.05) is 35.8 Å². The zero-order valence-electron chi connectivity index (χ0n) is 9.61. The lowest BCUT2D eigenvalue weighted by Gasteiger charge is -1.98. The number of nitrogens with zero attached hydrogens (tertiary/aromatic N) is 2. The van der Waals surface area contributed by atoms with E-state index >= 15 is 0 Å². The van der Waals surface area contributed by atoms with Gasteiger partial charge in [0.15, 0.2) is 16.4 Å². The molecule has 0 saturated carbocycles. The van der Waals surface area contributed by atoms with Crippen molar-refractivity contribution in [3.05, 3.63) is 33.5 Å². The molecule has 6 heteroatoms. The number of benzene rings is 1. The van der Waals surface area contributed by atoms with Crippen LogP contribution in [-0.4, -0.2) is 14.8 Å². The van der Waals surface area contributed by atoms with Crippen molar-refractivity contribution < 1.29 is 4.42 Å². The smallest absolute Gasteiger partial charge is 0.198 e. The molecular formula is C12H10BrN3OS. The molecule has 0 unspecified atom stereocenters. The Morgan fingerprint density at radius 2 is 2.28 bits per heavy atom. The second-order valence-electron chi connectivity index (χ2n) is 3.89. The molecule has 2 heterocycles. The number of H-pyrrole nitrogens is 1. The number of furan rings is 1. The van der Waals surface area contributed by atoms with Gasteiger partial charge in [-0.25, -0.2) is 0 Å². The predicted octanol–water partition coefficient (Wildman–Crippen LogP) is 4.14. The molecule has 0 aliphatic carbocycles. The molecule has 0 saturated heterocycles. The second kappa shape index (κ2) is 4.37. The Labute approximate surface area is 117 Å². The molecule has 1 N–H and O–H groups in total. The maximum atomic E-state index is 5.79. The fraction of sp³-hybridized carbons (Fsp3) is 0.167. The maximum Gasteiger partial charge on any atom is 0.198 e. The number of fused-ring (bicyclic) bond motifs is 1. The molecule has 0 atom stereocenters. The Morgan fingerprint density at radius 3 is 3.06 bits per heavy atom. The first-order chi connectivity index (χ1) is 8.69. The first-order valence-electron chi connectivity index (χ1n) is 5.53. The van der Waals surface area contributed by atoms with E-state index in [1.165, 1.54) is 0 Å². The van der Waals surface area contributed by atoms with E-state index in [0.29, 0.717) is 4.77 Å². The molecule has 92 valence electrons. The lowest BCUT2D eigenvalue weighted by atomic mass is 10.2. The number of nitrogens with one attached hydrogen (secondary N) is 1. The standard InChI is InChI=1S/C12H10BrN3OS/c1-2-16-11(14-15-12(16)18)10-6-7-5-8(13)3-4-9(7)17-10/h3-6H,2H2,1H3,(H,15,18). The molecule has 3 aromatic rings. The fourth-order valence-corrected chi connectivity index (χ4v) is 2.56. The minimum atomic E-state index is 0.606. The van der Waals surface area contributed by atoms with Gasteiger partial charge in [0, 0.05) is 16.4 Å². The molecule has 0 aliphatic rings. The molecule has 2 aromatic heterocycles. The van der Waals surface area contributed by atoms with Gasteiger partial charge in [0.25, 0.3) is 0 Å². The van der Waals surface area contributed by atoms with E-state index in [4.69, 9.17) is 16.6 Å². The summed E-state index contributed by atoms with van der Waals surface area (Å²) < 4.78 is 9.33. The highest BCUT2D eigenvalue weighted by Gasteiger charge is 2.12. The van der Waals surface area contributed by atoms with E-state index in [0.717, 1.165) is 33.6 Å². The number of hydrogen-bond acceptors (Lipinski definition) is 3. The minimum absolute atomic E-state index is 0.606. The summed E-state index contributed by atoms with van der Waals surface area (Å²) in [5, 5.41) is 8.04. The third-order valence-electron chi connectivity index (χ3n) is 2.77. The Morgan fingerprint density at radius 1 is 1.44 bits per heavy atom. The first-order valence-corrected chi connectivity index (χ1v) is 6.74. The zero-order valence-corrected chi connectivity index (χ0v) is 12.0. The van der Waals surface area contributed by atoms with Crippen molar-refractivity contribution in [2.75, 3.05) is 0 Å². The molecule has 0 spiro atoms. The minimum Gasteiger partial charge on any atom is -0.453 e. The van der Waals surface area contributed by atoms with Gasteiger partial charge in [-0.2, -0.15) is 5.10 Å². The van der Waals surface area contributed by atoms with E-state index in [9.17, 15) is 0 Å². The summed E-state index contributed by atoms with van der Waals surface area (Å²) in [5.74, 6) is 1.45. The van der Waals surface area contributed by atoms with Gasteiger partial charge >= 0.3 is 0 Å². The third-order valence-corrected chi connectivity index (χ3v) is 3.58. The molecule has 0 fully saturated rings. The zero-order chi connectivity index (χ0) is 12.7. The molecule has 3 rings (SSSR count). The van der Waals surface area contributed by atoms with Crippen molar-refractivity contribution in [3.8, 4) is 11.6 Å². The van der Waals surface area contributed by atoms with Crippen LogP contribution >= 0.6 is 28.1 Å². The van der Waals surface area contributed by atoms with Crippen LogP contribution < -0.4 is 0 Å². The number of rotatable bonds is 2. The summed E-state index contributed by atoms with van der Waals surface area (Å²) in [5.41, 5.74) is 0.838. The monoisotopic (exact) mass is 323 g/mol. The molecule has 4 nitrogen and oxygen atoms in total. The summed E-state index contributed by atoms with van der Waals surface area (Å²) in [4.78, 5) is 0. The largest absolute Gasteiger partial charge is 0.453 e. The predicted molar refractivity (Wildman–Crippen MR) is 76.0 cm³/mol. The van der Waals surface area contributed by atoms with Crippen molar-refractivity contribution in [1.82, 2.24) is 14.8 Å². The van der Waals surface area contributed by atoms with Crippen molar-refractivity contribution in [2.24, 2.45) is 0 Å². The van der Waals surface area contributed by atoms with Crippen molar-refractivity contribution in [1.29, 1.82) is 0 Å². The van der Waals surface area contributed by atoms with Crippen LogP contribution in [0.1, 0.15) is 6.92 Å². The molecular weight excluding hydrogens is 314 g/mol. The van der Waals surface area contributed by atoms with Gasteiger partial charge in [-0.1, -0.05) is 15.9 Å².